The van der Waals surface area contributed by atoms with Crippen LogP contribution in [-0.4, -0.2) is 23.6 Å². The number of hydrogen-bond acceptors (Lipinski definition) is 4. The zero-order valence-corrected chi connectivity index (χ0v) is 15.3. The van der Waals surface area contributed by atoms with Gasteiger partial charge in [0.2, 0.25) is 11.8 Å². The molecule has 3 N–H and O–H groups in total. The Bertz CT molecular complexity index is 719. The molecule has 0 fully saturated rings. The highest BCUT2D eigenvalue weighted by Crippen LogP contribution is 2.20. The van der Waals surface area contributed by atoms with Gasteiger partial charge < -0.3 is 10.1 Å². The van der Waals surface area contributed by atoms with E-state index < -0.39 is 0 Å². The van der Waals surface area contributed by atoms with Crippen molar-refractivity contribution in [1.29, 1.82) is 0 Å². The highest BCUT2D eigenvalue weighted by atomic mass is 16.5. The van der Waals surface area contributed by atoms with Crippen molar-refractivity contribution in [2.45, 2.75) is 38.7 Å². The predicted molar refractivity (Wildman–Crippen MR) is 102 cm³/mol. The van der Waals surface area contributed by atoms with Gasteiger partial charge >= 0.3 is 0 Å². The predicted octanol–water partition coefficient (Wildman–Crippen LogP) is 2.99. The van der Waals surface area contributed by atoms with E-state index in [4.69, 9.17) is 9.94 Å². The summed E-state index contributed by atoms with van der Waals surface area (Å²) in [4.78, 5) is 23.1. The van der Waals surface area contributed by atoms with Crippen molar-refractivity contribution < 1.29 is 19.5 Å². The molecule has 0 radical (unpaired) electrons. The van der Waals surface area contributed by atoms with Crippen LogP contribution in [0.5, 0.6) is 5.75 Å². The van der Waals surface area contributed by atoms with Crippen LogP contribution in [0.3, 0.4) is 0 Å². The van der Waals surface area contributed by atoms with E-state index in [0.29, 0.717) is 25.3 Å². The highest BCUT2D eigenvalue weighted by molar-refractivity contribution is 5.79. The van der Waals surface area contributed by atoms with Crippen LogP contribution < -0.4 is 15.5 Å². The second kappa shape index (κ2) is 11.7. The second-order valence-corrected chi connectivity index (χ2v) is 6.25. The highest BCUT2D eigenvalue weighted by Gasteiger charge is 2.09. The van der Waals surface area contributed by atoms with E-state index in [2.05, 4.69) is 5.32 Å². The van der Waals surface area contributed by atoms with Crippen molar-refractivity contribution in [2.75, 3.05) is 6.54 Å². The Morgan fingerprint density at radius 1 is 0.889 bits per heavy atom. The molecule has 2 aromatic rings. The van der Waals surface area contributed by atoms with Gasteiger partial charge in [-0.15, -0.1) is 0 Å². The first-order valence-corrected chi connectivity index (χ1v) is 9.13. The van der Waals surface area contributed by atoms with E-state index in [-0.39, 0.29) is 24.7 Å². The number of para-hydroxylation sites is 1. The van der Waals surface area contributed by atoms with Crippen LogP contribution in [0.25, 0.3) is 0 Å². The average molecular weight is 370 g/mol. The minimum Gasteiger partial charge on any atom is -0.489 e. The van der Waals surface area contributed by atoms with Gasteiger partial charge in [0.1, 0.15) is 12.4 Å². The standard InChI is InChI=1S/C21H26N2O4/c24-20(23-26)13-5-2-8-14-22-21(25)15-18-11-6-7-12-19(18)27-16-17-9-3-1-4-10-17/h1,3-4,6-7,9-12,26H,2,5,8,13-16H2,(H,22,25)(H,23,24). The molecule has 0 saturated carbocycles. The largest absolute Gasteiger partial charge is 0.489 e. The molecule has 0 aromatic heterocycles. The summed E-state index contributed by atoms with van der Waals surface area (Å²) in [6.07, 6.45) is 2.83. The van der Waals surface area contributed by atoms with Crippen molar-refractivity contribution in [2.24, 2.45) is 0 Å². The summed E-state index contributed by atoms with van der Waals surface area (Å²) >= 11 is 0. The first-order chi connectivity index (χ1) is 13.2. The maximum absolute atomic E-state index is 12.2. The lowest BCUT2D eigenvalue weighted by Gasteiger charge is -2.12. The molecule has 144 valence electrons. The number of rotatable bonds is 11. The molecule has 0 aliphatic carbocycles. The molecule has 0 aliphatic heterocycles. The van der Waals surface area contributed by atoms with Crippen LogP contribution in [0.2, 0.25) is 0 Å². The molecule has 6 nitrogen and oxygen atoms in total. The van der Waals surface area contributed by atoms with Crippen molar-refractivity contribution in [3.8, 4) is 5.75 Å². The lowest BCUT2D eigenvalue weighted by atomic mass is 10.1. The first-order valence-electron chi connectivity index (χ1n) is 9.13. The van der Waals surface area contributed by atoms with Gasteiger partial charge in [-0.25, -0.2) is 5.48 Å². The Kier molecular flexibility index (Phi) is 8.86. The minimum atomic E-state index is -0.383. The molecular weight excluding hydrogens is 344 g/mol. The number of amides is 2. The first kappa shape index (κ1) is 20.5. The van der Waals surface area contributed by atoms with Gasteiger partial charge in [-0.05, 0) is 24.5 Å². The van der Waals surface area contributed by atoms with Crippen molar-refractivity contribution in [1.82, 2.24) is 10.8 Å². The lowest BCUT2D eigenvalue weighted by molar-refractivity contribution is -0.129. The Balaban J connectivity index is 1.73. The van der Waals surface area contributed by atoms with Crippen LogP contribution in [-0.2, 0) is 22.6 Å². The molecular formula is C21H26N2O4. The second-order valence-electron chi connectivity index (χ2n) is 6.25. The third-order valence-corrected chi connectivity index (χ3v) is 4.09. The average Bonchev–Trinajstić information content (AvgIpc) is 2.70. The van der Waals surface area contributed by atoms with E-state index in [9.17, 15) is 9.59 Å². The van der Waals surface area contributed by atoms with Gasteiger partial charge in [0.05, 0.1) is 6.42 Å². The summed E-state index contributed by atoms with van der Waals surface area (Å²) in [5.74, 6) is 0.275. The summed E-state index contributed by atoms with van der Waals surface area (Å²) in [5.41, 5.74) is 3.53. The zero-order valence-electron chi connectivity index (χ0n) is 15.3. The van der Waals surface area contributed by atoms with E-state index >= 15 is 0 Å². The fourth-order valence-electron chi connectivity index (χ4n) is 2.63. The molecule has 27 heavy (non-hydrogen) atoms. The maximum atomic E-state index is 12.2. The quantitative estimate of drug-likeness (QED) is 0.322. The van der Waals surface area contributed by atoms with Crippen LogP contribution in [0.4, 0.5) is 0 Å². The van der Waals surface area contributed by atoms with Gasteiger partial charge in [0, 0.05) is 18.5 Å². The summed E-state index contributed by atoms with van der Waals surface area (Å²) in [6, 6.07) is 17.4. The van der Waals surface area contributed by atoms with Crippen LogP contribution in [0.15, 0.2) is 54.6 Å². The molecule has 6 heteroatoms. The Morgan fingerprint density at radius 2 is 1.63 bits per heavy atom. The molecule has 0 atom stereocenters. The Hall–Kier alpha value is -2.86. The molecule has 2 amide bonds. The summed E-state index contributed by atoms with van der Waals surface area (Å²) < 4.78 is 5.88. The van der Waals surface area contributed by atoms with Gasteiger partial charge in [0.25, 0.3) is 0 Å². The molecule has 2 rings (SSSR count). The number of nitrogens with one attached hydrogen (secondary N) is 2. The number of ether oxygens (including phenoxy) is 1. The number of unbranched alkanes of at least 4 members (excludes halogenated alkanes) is 2. The van der Waals surface area contributed by atoms with E-state index in [0.717, 1.165) is 24.0 Å². The zero-order chi connectivity index (χ0) is 19.3. The number of hydroxylamine groups is 1. The smallest absolute Gasteiger partial charge is 0.243 e. The fraction of sp³-hybridized carbons (Fsp3) is 0.333. The summed E-state index contributed by atoms with van der Waals surface area (Å²) in [7, 11) is 0. The molecule has 2 aromatic carbocycles. The normalized spacial score (nSPS) is 10.3. The number of benzene rings is 2. The van der Waals surface area contributed by atoms with Crippen LogP contribution in [0, 0.1) is 0 Å². The van der Waals surface area contributed by atoms with Gasteiger partial charge in [-0.1, -0.05) is 55.0 Å². The Labute approximate surface area is 159 Å². The van der Waals surface area contributed by atoms with E-state index in [1.165, 1.54) is 0 Å². The molecule has 0 unspecified atom stereocenters. The third kappa shape index (κ3) is 7.92. The number of hydrogen-bond donors (Lipinski definition) is 3. The number of carbonyl (C=O) groups excluding carboxylic acids is 2. The summed E-state index contributed by atoms with van der Waals surface area (Å²) in [5, 5.41) is 11.3. The van der Waals surface area contributed by atoms with Crippen molar-refractivity contribution in [3.63, 3.8) is 0 Å². The fourth-order valence-corrected chi connectivity index (χ4v) is 2.63. The molecule has 0 spiro atoms. The van der Waals surface area contributed by atoms with Gasteiger partial charge in [-0.3, -0.25) is 14.8 Å². The van der Waals surface area contributed by atoms with Crippen LogP contribution in [0.1, 0.15) is 36.8 Å². The molecule has 0 heterocycles. The Morgan fingerprint density at radius 3 is 2.41 bits per heavy atom. The third-order valence-electron chi connectivity index (χ3n) is 4.09. The monoisotopic (exact) mass is 370 g/mol. The SMILES string of the molecule is O=C(CCCCCNC(=O)Cc1ccccc1OCc1ccccc1)NO. The maximum Gasteiger partial charge on any atom is 0.243 e. The van der Waals surface area contributed by atoms with E-state index in [1.54, 1.807) is 5.48 Å². The number of carbonyl (C=O) groups is 2. The molecule has 0 bridgehead atoms. The minimum absolute atomic E-state index is 0.0566. The van der Waals surface area contributed by atoms with Gasteiger partial charge in [0.15, 0.2) is 0 Å². The van der Waals surface area contributed by atoms with Crippen LogP contribution >= 0.6 is 0 Å². The van der Waals surface area contributed by atoms with E-state index in [1.807, 2.05) is 54.6 Å². The van der Waals surface area contributed by atoms with Crippen molar-refractivity contribution in [3.05, 3.63) is 65.7 Å². The van der Waals surface area contributed by atoms with Crippen molar-refractivity contribution >= 4 is 11.8 Å². The molecule has 0 aliphatic rings. The topological polar surface area (TPSA) is 87.7 Å². The molecule has 0 saturated heterocycles. The summed E-state index contributed by atoms with van der Waals surface area (Å²) in [6.45, 7) is 1.02. The van der Waals surface area contributed by atoms with Gasteiger partial charge in [-0.2, -0.15) is 0 Å². The lowest BCUT2D eigenvalue weighted by Crippen LogP contribution is -2.26.